The van der Waals surface area contributed by atoms with E-state index in [-0.39, 0.29) is 6.10 Å². The van der Waals surface area contributed by atoms with E-state index in [0.717, 1.165) is 6.42 Å². The van der Waals surface area contributed by atoms with Crippen molar-refractivity contribution in [1.29, 1.82) is 0 Å². The van der Waals surface area contributed by atoms with Crippen molar-refractivity contribution in [3.05, 3.63) is 35.4 Å². The van der Waals surface area contributed by atoms with Gasteiger partial charge in [0.15, 0.2) is 0 Å². The lowest BCUT2D eigenvalue weighted by Gasteiger charge is -2.07. The van der Waals surface area contributed by atoms with Crippen LogP contribution in [0.25, 0.3) is 0 Å². The largest absolute Gasteiger partial charge is 0.393 e. The normalized spacial score (nSPS) is 13.3. The summed E-state index contributed by atoms with van der Waals surface area (Å²) in [5, 5.41) is 9.18. The summed E-state index contributed by atoms with van der Waals surface area (Å²) in [5.41, 5.74) is 2.56. The van der Waals surface area contributed by atoms with Crippen LogP contribution < -0.4 is 0 Å². The van der Waals surface area contributed by atoms with E-state index in [0.29, 0.717) is 5.92 Å². The van der Waals surface area contributed by atoms with Crippen molar-refractivity contribution < 1.29 is 5.11 Å². The molecule has 13 heavy (non-hydrogen) atoms. The minimum Gasteiger partial charge on any atom is -0.393 e. The topological polar surface area (TPSA) is 20.2 Å². The smallest absolute Gasteiger partial charge is 0.0552 e. The first-order valence-electron chi connectivity index (χ1n) is 4.86. The highest BCUT2D eigenvalue weighted by Gasteiger charge is 2.00. The summed E-state index contributed by atoms with van der Waals surface area (Å²) in [5.74, 6) is 0.584. The standard InChI is InChI=1S/C12H18O/c1-9(2)12-6-4-11(5-7-12)8-10(3)13/h4-7,9-10,13H,8H2,1-3H3/t10-/m1/s1. The first-order chi connectivity index (χ1) is 6.09. The Morgan fingerprint density at radius 3 is 2.00 bits per heavy atom. The van der Waals surface area contributed by atoms with Gasteiger partial charge < -0.3 is 5.11 Å². The maximum absolute atomic E-state index is 9.18. The lowest BCUT2D eigenvalue weighted by molar-refractivity contribution is 0.195. The number of benzene rings is 1. The van der Waals surface area contributed by atoms with Crippen LogP contribution in [-0.4, -0.2) is 11.2 Å². The SMILES string of the molecule is CC(C)c1ccc(C[C@@H](C)O)cc1. The molecule has 0 radical (unpaired) electrons. The van der Waals surface area contributed by atoms with E-state index in [4.69, 9.17) is 0 Å². The van der Waals surface area contributed by atoms with Crippen molar-refractivity contribution in [2.45, 2.75) is 39.2 Å². The monoisotopic (exact) mass is 178 g/mol. The summed E-state index contributed by atoms with van der Waals surface area (Å²) in [4.78, 5) is 0. The third-order valence-electron chi connectivity index (χ3n) is 2.18. The summed E-state index contributed by atoms with van der Waals surface area (Å²) < 4.78 is 0. The van der Waals surface area contributed by atoms with Gasteiger partial charge in [0, 0.05) is 0 Å². The van der Waals surface area contributed by atoms with Gasteiger partial charge in [0.05, 0.1) is 6.10 Å². The minimum atomic E-state index is -0.245. The number of aliphatic hydroxyl groups excluding tert-OH is 1. The number of hydrogen-bond donors (Lipinski definition) is 1. The quantitative estimate of drug-likeness (QED) is 0.754. The number of hydrogen-bond acceptors (Lipinski definition) is 1. The highest BCUT2D eigenvalue weighted by Crippen LogP contribution is 2.15. The van der Waals surface area contributed by atoms with Gasteiger partial charge in [-0.05, 0) is 30.4 Å². The number of aliphatic hydroxyl groups is 1. The zero-order chi connectivity index (χ0) is 9.84. The van der Waals surface area contributed by atoms with E-state index in [1.54, 1.807) is 0 Å². The second-order valence-corrected chi connectivity index (χ2v) is 3.95. The van der Waals surface area contributed by atoms with Crippen LogP contribution >= 0.6 is 0 Å². The first kappa shape index (κ1) is 10.3. The zero-order valence-electron chi connectivity index (χ0n) is 8.62. The molecule has 0 spiro atoms. The predicted octanol–water partition coefficient (Wildman–Crippen LogP) is 2.73. The first-order valence-corrected chi connectivity index (χ1v) is 4.86. The summed E-state index contributed by atoms with van der Waals surface area (Å²) in [7, 11) is 0. The molecule has 0 saturated heterocycles. The highest BCUT2D eigenvalue weighted by molar-refractivity contribution is 5.24. The van der Waals surface area contributed by atoms with Gasteiger partial charge in [-0.2, -0.15) is 0 Å². The van der Waals surface area contributed by atoms with Gasteiger partial charge >= 0.3 is 0 Å². The van der Waals surface area contributed by atoms with E-state index in [1.807, 2.05) is 6.92 Å². The van der Waals surface area contributed by atoms with Crippen LogP contribution in [0.3, 0.4) is 0 Å². The molecular formula is C12H18O. The average molecular weight is 178 g/mol. The fourth-order valence-electron chi connectivity index (χ4n) is 1.38. The molecule has 0 heterocycles. The Kier molecular flexibility index (Phi) is 3.49. The van der Waals surface area contributed by atoms with Crippen LogP contribution in [0, 0.1) is 0 Å². The molecule has 1 N–H and O–H groups in total. The third-order valence-corrected chi connectivity index (χ3v) is 2.18. The maximum Gasteiger partial charge on any atom is 0.0552 e. The molecule has 1 aromatic rings. The lowest BCUT2D eigenvalue weighted by atomic mass is 10.00. The van der Waals surface area contributed by atoms with Gasteiger partial charge in [-0.3, -0.25) is 0 Å². The Hall–Kier alpha value is -0.820. The van der Waals surface area contributed by atoms with Crippen molar-refractivity contribution in [3.8, 4) is 0 Å². The summed E-state index contributed by atoms with van der Waals surface area (Å²) in [6.07, 6.45) is 0.503. The zero-order valence-corrected chi connectivity index (χ0v) is 8.62. The van der Waals surface area contributed by atoms with Gasteiger partial charge in [0.25, 0.3) is 0 Å². The second-order valence-electron chi connectivity index (χ2n) is 3.95. The number of rotatable bonds is 3. The predicted molar refractivity (Wildman–Crippen MR) is 55.9 cm³/mol. The molecule has 0 aliphatic carbocycles. The van der Waals surface area contributed by atoms with Crippen molar-refractivity contribution in [1.82, 2.24) is 0 Å². The Morgan fingerprint density at radius 1 is 1.08 bits per heavy atom. The molecule has 1 atom stereocenters. The van der Waals surface area contributed by atoms with Crippen LogP contribution in [0.2, 0.25) is 0 Å². The summed E-state index contributed by atoms with van der Waals surface area (Å²) >= 11 is 0. The minimum absolute atomic E-state index is 0.245. The van der Waals surface area contributed by atoms with E-state index in [2.05, 4.69) is 38.1 Å². The van der Waals surface area contributed by atoms with Crippen molar-refractivity contribution >= 4 is 0 Å². The molecule has 1 rings (SSSR count). The molecule has 0 unspecified atom stereocenters. The summed E-state index contributed by atoms with van der Waals surface area (Å²) in [6.45, 7) is 6.18. The maximum atomic E-state index is 9.18. The molecule has 0 saturated carbocycles. The Morgan fingerprint density at radius 2 is 1.62 bits per heavy atom. The molecule has 0 amide bonds. The van der Waals surface area contributed by atoms with E-state index < -0.39 is 0 Å². The fourth-order valence-corrected chi connectivity index (χ4v) is 1.38. The van der Waals surface area contributed by atoms with Gasteiger partial charge in [0.1, 0.15) is 0 Å². The van der Waals surface area contributed by atoms with Gasteiger partial charge in [-0.1, -0.05) is 38.1 Å². The third kappa shape index (κ3) is 3.19. The Balaban J connectivity index is 2.70. The molecule has 0 fully saturated rings. The van der Waals surface area contributed by atoms with Crippen LogP contribution in [0.15, 0.2) is 24.3 Å². The van der Waals surface area contributed by atoms with Crippen molar-refractivity contribution in [2.75, 3.05) is 0 Å². The molecule has 1 heteroatoms. The molecular weight excluding hydrogens is 160 g/mol. The fraction of sp³-hybridized carbons (Fsp3) is 0.500. The highest BCUT2D eigenvalue weighted by atomic mass is 16.3. The van der Waals surface area contributed by atoms with E-state index in [1.165, 1.54) is 11.1 Å². The second kappa shape index (κ2) is 4.43. The molecule has 72 valence electrons. The molecule has 0 bridgehead atoms. The molecule has 0 aliphatic heterocycles. The lowest BCUT2D eigenvalue weighted by Crippen LogP contribution is -2.03. The van der Waals surface area contributed by atoms with Gasteiger partial charge in [-0.25, -0.2) is 0 Å². The van der Waals surface area contributed by atoms with Crippen LogP contribution in [-0.2, 0) is 6.42 Å². The average Bonchev–Trinajstić information content (AvgIpc) is 2.04. The van der Waals surface area contributed by atoms with Gasteiger partial charge in [-0.15, -0.1) is 0 Å². The van der Waals surface area contributed by atoms with Crippen LogP contribution in [0.5, 0.6) is 0 Å². The van der Waals surface area contributed by atoms with Crippen molar-refractivity contribution in [3.63, 3.8) is 0 Å². The molecule has 0 aromatic heterocycles. The van der Waals surface area contributed by atoms with E-state index in [9.17, 15) is 5.11 Å². The molecule has 0 aliphatic rings. The molecule has 1 nitrogen and oxygen atoms in total. The van der Waals surface area contributed by atoms with E-state index >= 15 is 0 Å². The van der Waals surface area contributed by atoms with Crippen LogP contribution in [0.4, 0.5) is 0 Å². The molecule has 1 aromatic carbocycles. The van der Waals surface area contributed by atoms with Gasteiger partial charge in [0.2, 0.25) is 0 Å². The Labute approximate surface area is 80.4 Å². The van der Waals surface area contributed by atoms with Crippen molar-refractivity contribution in [2.24, 2.45) is 0 Å². The Bertz CT molecular complexity index is 246. The summed E-state index contributed by atoms with van der Waals surface area (Å²) in [6, 6.07) is 8.48. The van der Waals surface area contributed by atoms with Crippen LogP contribution in [0.1, 0.15) is 37.8 Å².